The summed E-state index contributed by atoms with van der Waals surface area (Å²) in [5.41, 5.74) is 0. The van der Waals surface area contributed by atoms with Crippen molar-refractivity contribution < 1.29 is 9.90 Å². The smallest absolute Gasteiger partial charge is 0.317 e. The Bertz CT molecular complexity index is 256. The first-order valence-corrected chi connectivity index (χ1v) is 7.21. The molecule has 0 aromatic rings. The van der Waals surface area contributed by atoms with E-state index in [0.717, 1.165) is 39.0 Å². The number of likely N-dealkylation sites (tertiary alicyclic amines) is 1. The molecular formula is C14H28N2O2. The number of aliphatic carboxylic acids is 1. The van der Waals surface area contributed by atoms with E-state index in [4.69, 9.17) is 5.11 Å². The van der Waals surface area contributed by atoms with E-state index in [9.17, 15) is 4.79 Å². The second-order valence-corrected chi connectivity index (χ2v) is 5.74. The molecule has 1 aliphatic rings. The molecule has 1 atom stereocenters. The van der Waals surface area contributed by atoms with Crippen LogP contribution in [0.15, 0.2) is 0 Å². The highest BCUT2D eigenvalue weighted by Crippen LogP contribution is 2.18. The maximum Gasteiger partial charge on any atom is 0.317 e. The van der Waals surface area contributed by atoms with Crippen molar-refractivity contribution in [3.8, 4) is 0 Å². The van der Waals surface area contributed by atoms with Crippen molar-refractivity contribution in [3.63, 3.8) is 0 Å². The fourth-order valence-electron chi connectivity index (χ4n) is 2.81. The third-order valence-corrected chi connectivity index (χ3v) is 3.69. The Balaban J connectivity index is 2.57. The standard InChI is InChI=1S/C14H28N2O2/c1-4-15-8-5-6-13(7-9-15)16(10-12(2)3)11-14(17)18/h12-13H,4-11H2,1-3H3,(H,17,18). The van der Waals surface area contributed by atoms with E-state index in [-0.39, 0.29) is 6.54 Å². The van der Waals surface area contributed by atoms with Gasteiger partial charge in [0.2, 0.25) is 0 Å². The van der Waals surface area contributed by atoms with Gasteiger partial charge in [0, 0.05) is 12.6 Å². The molecule has 1 unspecified atom stereocenters. The number of carbonyl (C=O) groups is 1. The fourth-order valence-corrected chi connectivity index (χ4v) is 2.81. The quantitative estimate of drug-likeness (QED) is 0.788. The van der Waals surface area contributed by atoms with Gasteiger partial charge in [-0.15, -0.1) is 0 Å². The molecule has 4 heteroatoms. The molecule has 1 rings (SSSR count). The lowest BCUT2D eigenvalue weighted by atomic mass is 10.1. The molecule has 0 aromatic carbocycles. The Kier molecular flexibility index (Phi) is 6.65. The monoisotopic (exact) mass is 256 g/mol. The molecule has 0 spiro atoms. The Morgan fingerprint density at radius 3 is 2.67 bits per heavy atom. The molecule has 1 fully saturated rings. The van der Waals surface area contributed by atoms with Crippen molar-refractivity contribution in [2.45, 2.75) is 46.1 Å². The highest BCUT2D eigenvalue weighted by molar-refractivity contribution is 5.69. The summed E-state index contributed by atoms with van der Waals surface area (Å²) in [6.07, 6.45) is 3.43. The van der Waals surface area contributed by atoms with Gasteiger partial charge in [-0.3, -0.25) is 9.69 Å². The number of carboxylic acids is 1. The molecule has 0 radical (unpaired) electrons. The zero-order chi connectivity index (χ0) is 13.5. The molecule has 0 bridgehead atoms. The minimum atomic E-state index is -0.702. The largest absolute Gasteiger partial charge is 0.480 e. The van der Waals surface area contributed by atoms with E-state index in [1.54, 1.807) is 0 Å². The van der Waals surface area contributed by atoms with Crippen molar-refractivity contribution in [2.24, 2.45) is 5.92 Å². The van der Waals surface area contributed by atoms with Crippen molar-refractivity contribution >= 4 is 5.97 Å². The summed E-state index contributed by atoms with van der Waals surface area (Å²) in [6.45, 7) is 11.0. The van der Waals surface area contributed by atoms with Crippen LogP contribution in [-0.4, -0.2) is 59.6 Å². The van der Waals surface area contributed by atoms with Gasteiger partial charge in [0.1, 0.15) is 0 Å². The van der Waals surface area contributed by atoms with Gasteiger partial charge in [-0.2, -0.15) is 0 Å². The van der Waals surface area contributed by atoms with Crippen LogP contribution in [-0.2, 0) is 4.79 Å². The third kappa shape index (κ3) is 5.36. The van der Waals surface area contributed by atoms with Crippen LogP contribution >= 0.6 is 0 Å². The van der Waals surface area contributed by atoms with Gasteiger partial charge in [-0.1, -0.05) is 20.8 Å². The minimum Gasteiger partial charge on any atom is -0.480 e. The second-order valence-electron chi connectivity index (χ2n) is 5.74. The summed E-state index contributed by atoms with van der Waals surface area (Å²) in [6, 6.07) is 0.444. The first kappa shape index (κ1) is 15.4. The summed E-state index contributed by atoms with van der Waals surface area (Å²) < 4.78 is 0. The molecule has 1 aliphatic heterocycles. The van der Waals surface area contributed by atoms with Crippen LogP contribution in [0.4, 0.5) is 0 Å². The van der Waals surface area contributed by atoms with Crippen LogP contribution in [0.2, 0.25) is 0 Å². The minimum absolute atomic E-state index is 0.189. The number of rotatable bonds is 6. The lowest BCUT2D eigenvalue weighted by Gasteiger charge is -2.31. The molecular weight excluding hydrogens is 228 g/mol. The van der Waals surface area contributed by atoms with Gasteiger partial charge in [0.15, 0.2) is 0 Å². The zero-order valence-corrected chi connectivity index (χ0v) is 12.1. The van der Waals surface area contributed by atoms with Gasteiger partial charge in [0.05, 0.1) is 6.54 Å². The average Bonchev–Trinajstić information content (AvgIpc) is 2.51. The molecule has 0 aromatic heterocycles. The van der Waals surface area contributed by atoms with Crippen molar-refractivity contribution in [3.05, 3.63) is 0 Å². The lowest BCUT2D eigenvalue weighted by molar-refractivity contribution is -0.139. The predicted molar refractivity (Wildman–Crippen MR) is 73.8 cm³/mol. The average molecular weight is 256 g/mol. The number of carboxylic acid groups (broad SMARTS) is 1. The number of hydrogen-bond donors (Lipinski definition) is 1. The summed E-state index contributed by atoms with van der Waals surface area (Å²) in [4.78, 5) is 15.6. The Morgan fingerprint density at radius 1 is 1.39 bits per heavy atom. The molecule has 106 valence electrons. The zero-order valence-electron chi connectivity index (χ0n) is 12.1. The van der Waals surface area contributed by atoms with Crippen molar-refractivity contribution in [1.29, 1.82) is 0 Å². The third-order valence-electron chi connectivity index (χ3n) is 3.69. The molecule has 0 amide bonds. The van der Waals surface area contributed by atoms with Gasteiger partial charge in [-0.25, -0.2) is 0 Å². The highest BCUT2D eigenvalue weighted by atomic mass is 16.4. The van der Waals surface area contributed by atoms with Crippen molar-refractivity contribution in [1.82, 2.24) is 9.80 Å². The van der Waals surface area contributed by atoms with Crippen LogP contribution in [0.1, 0.15) is 40.0 Å². The van der Waals surface area contributed by atoms with Crippen LogP contribution in [0.25, 0.3) is 0 Å². The number of hydrogen-bond acceptors (Lipinski definition) is 3. The van der Waals surface area contributed by atoms with Crippen LogP contribution in [0, 0.1) is 5.92 Å². The van der Waals surface area contributed by atoms with E-state index in [1.165, 1.54) is 6.42 Å². The predicted octanol–water partition coefficient (Wildman–Crippen LogP) is 1.90. The van der Waals surface area contributed by atoms with E-state index in [2.05, 4.69) is 30.6 Å². The van der Waals surface area contributed by atoms with E-state index >= 15 is 0 Å². The maximum atomic E-state index is 11.0. The van der Waals surface area contributed by atoms with Crippen LogP contribution < -0.4 is 0 Å². The van der Waals surface area contributed by atoms with E-state index in [1.807, 2.05) is 0 Å². The van der Waals surface area contributed by atoms with Crippen LogP contribution in [0.3, 0.4) is 0 Å². The molecule has 1 saturated heterocycles. The lowest BCUT2D eigenvalue weighted by Crippen LogP contribution is -2.41. The topological polar surface area (TPSA) is 43.8 Å². The Hall–Kier alpha value is -0.610. The van der Waals surface area contributed by atoms with Crippen LogP contribution in [0.5, 0.6) is 0 Å². The second kappa shape index (κ2) is 7.74. The van der Waals surface area contributed by atoms with Gasteiger partial charge >= 0.3 is 5.97 Å². The Morgan fingerprint density at radius 2 is 2.11 bits per heavy atom. The van der Waals surface area contributed by atoms with Gasteiger partial charge in [0.25, 0.3) is 0 Å². The molecule has 1 heterocycles. The Labute approximate surface area is 111 Å². The first-order valence-electron chi connectivity index (χ1n) is 7.21. The SMILES string of the molecule is CCN1CCCC(N(CC(=O)O)CC(C)C)CC1. The molecule has 0 saturated carbocycles. The molecule has 18 heavy (non-hydrogen) atoms. The van der Waals surface area contributed by atoms with E-state index in [0.29, 0.717) is 12.0 Å². The number of nitrogens with zero attached hydrogens (tertiary/aromatic N) is 2. The first-order chi connectivity index (χ1) is 8.52. The maximum absolute atomic E-state index is 11.0. The fraction of sp³-hybridized carbons (Fsp3) is 0.929. The molecule has 1 N–H and O–H groups in total. The molecule has 4 nitrogen and oxygen atoms in total. The van der Waals surface area contributed by atoms with Crippen molar-refractivity contribution in [2.75, 3.05) is 32.7 Å². The van der Waals surface area contributed by atoms with Gasteiger partial charge in [-0.05, 0) is 44.8 Å². The van der Waals surface area contributed by atoms with E-state index < -0.39 is 5.97 Å². The molecule has 0 aliphatic carbocycles. The summed E-state index contributed by atoms with van der Waals surface area (Å²) in [5.74, 6) is -0.179. The summed E-state index contributed by atoms with van der Waals surface area (Å²) in [5, 5.41) is 9.04. The normalized spacial score (nSPS) is 22.4. The van der Waals surface area contributed by atoms with Gasteiger partial charge < -0.3 is 10.0 Å². The summed E-state index contributed by atoms with van der Waals surface area (Å²) >= 11 is 0. The summed E-state index contributed by atoms with van der Waals surface area (Å²) in [7, 11) is 0. The highest BCUT2D eigenvalue weighted by Gasteiger charge is 2.24.